The van der Waals surface area contributed by atoms with Crippen LogP contribution in [0.15, 0.2) is 48.1 Å². The molecule has 0 radical (unpaired) electrons. The summed E-state index contributed by atoms with van der Waals surface area (Å²) in [6, 6.07) is 11.5. The van der Waals surface area contributed by atoms with E-state index < -0.39 is 0 Å². The maximum Gasteiger partial charge on any atom is 0.247 e. The van der Waals surface area contributed by atoms with Crippen LogP contribution in [-0.2, 0) is 11.2 Å². The summed E-state index contributed by atoms with van der Waals surface area (Å²) in [4.78, 5) is 12.8. The van der Waals surface area contributed by atoms with Crippen LogP contribution in [0.25, 0.3) is 6.08 Å². The molecule has 2 aromatic carbocycles. The van der Waals surface area contributed by atoms with Crippen LogP contribution in [0, 0.1) is 0 Å². The standard InChI is InChI=1S/C22H24N2O4/c1-5-15-6-8-16(9-7-15)19-10-11-24(23-19)22(25)14-18-20(27-3)12-17(26-2)13-21(18)28-4/h5-9,12-13H,1,10-11,14H2,2-4H3. The Bertz CT molecular complexity index is 878. The highest BCUT2D eigenvalue weighted by Crippen LogP contribution is 2.34. The molecule has 1 aliphatic heterocycles. The first kappa shape index (κ1) is 19.5. The minimum absolute atomic E-state index is 0.112. The second-order valence-corrected chi connectivity index (χ2v) is 6.33. The van der Waals surface area contributed by atoms with E-state index in [4.69, 9.17) is 14.2 Å². The lowest BCUT2D eigenvalue weighted by Crippen LogP contribution is -2.25. The predicted molar refractivity (Wildman–Crippen MR) is 109 cm³/mol. The number of hydrogen-bond acceptors (Lipinski definition) is 5. The number of rotatable bonds is 7. The lowest BCUT2D eigenvalue weighted by atomic mass is 10.1. The lowest BCUT2D eigenvalue weighted by molar-refractivity contribution is -0.130. The van der Waals surface area contributed by atoms with Crippen LogP contribution in [0.4, 0.5) is 0 Å². The summed E-state index contributed by atoms with van der Waals surface area (Å²) in [7, 11) is 4.68. The average molecular weight is 380 g/mol. The van der Waals surface area contributed by atoms with E-state index in [2.05, 4.69) is 11.7 Å². The number of nitrogens with zero attached hydrogens (tertiary/aromatic N) is 2. The number of hydrazone groups is 1. The first-order valence-corrected chi connectivity index (χ1v) is 8.99. The molecule has 0 bridgehead atoms. The number of ether oxygens (including phenoxy) is 3. The van der Waals surface area contributed by atoms with E-state index in [1.807, 2.05) is 24.3 Å². The molecule has 0 saturated carbocycles. The van der Waals surface area contributed by atoms with E-state index in [1.54, 1.807) is 39.5 Å². The zero-order valence-corrected chi connectivity index (χ0v) is 16.4. The Morgan fingerprint density at radius 1 is 1.11 bits per heavy atom. The molecule has 1 heterocycles. The maximum atomic E-state index is 12.8. The molecule has 0 aromatic heterocycles. The Morgan fingerprint density at radius 3 is 2.29 bits per heavy atom. The third kappa shape index (κ3) is 4.01. The summed E-state index contributed by atoms with van der Waals surface area (Å²) in [5.74, 6) is 1.59. The molecule has 0 unspecified atom stereocenters. The van der Waals surface area contributed by atoms with Crippen molar-refractivity contribution in [2.75, 3.05) is 27.9 Å². The number of carbonyl (C=O) groups is 1. The maximum absolute atomic E-state index is 12.8. The fraction of sp³-hybridized carbons (Fsp3) is 0.273. The molecule has 2 aromatic rings. The van der Waals surface area contributed by atoms with Crippen molar-refractivity contribution in [1.29, 1.82) is 0 Å². The van der Waals surface area contributed by atoms with Crippen molar-refractivity contribution in [1.82, 2.24) is 5.01 Å². The molecule has 3 rings (SSSR count). The second kappa shape index (κ2) is 8.61. The normalized spacial score (nSPS) is 13.1. The van der Waals surface area contributed by atoms with Gasteiger partial charge in [-0.2, -0.15) is 5.10 Å². The summed E-state index contributed by atoms with van der Waals surface area (Å²) >= 11 is 0. The largest absolute Gasteiger partial charge is 0.496 e. The zero-order chi connectivity index (χ0) is 20.1. The van der Waals surface area contributed by atoms with Crippen LogP contribution in [-0.4, -0.2) is 44.5 Å². The van der Waals surface area contributed by atoms with Gasteiger partial charge in [-0.15, -0.1) is 0 Å². The van der Waals surface area contributed by atoms with E-state index in [9.17, 15) is 4.79 Å². The monoisotopic (exact) mass is 380 g/mol. The molecule has 146 valence electrons. The molecule has 0 atom stereocenters. The summed E-state index contributed by atoms with van der Waals surface area (Å²) in [5, 5.41) is 6.04. The van der Waals surface area contributed by atoms with Crippen molar-refractivity contribution in [3.05, 3.63) is 59.7 Å². The van der Waals surface area contributed by atoms with Crippen molar-refractivity contribution in [3.63, 3.8) is 0 Å². The van der Waals surface area contributed by atoms with Crippen molar-refractivity contribution in [3.8, 4) is 17.2 Å². The van der Waals surface area contributed by atoms with E-state index in [0.717, 1.165) is 23.3 Å². The molecule has 0 saturated heterocycles. The summed E-state index contributed by atoms with van der Waals surface area (Å²) in [5.41, 5.74) is 3.64. The molecule has 0 fully saturated rings. The van der Waals surface area contributed by atoms with Gasteiger partial charge in [0.05, 0.1) is 40.0 Å². The molecule has 1 amide bonds. The third-order valence-electron chi connectivity index (χ3n) is 4.71. The van der Waals surface area contributed by atoms with Crippen molar-refractivity contribution in [2.45, 2.75) is 12.8 Å². The Morgan fingerprint density at radius 2 is 1.75 bits per heavy atom. The average Bonchev–Trinajstić information content (AvgIpc) is 3.24. The van der Waals surface area contributed by atoms with Gasteiger partial charge in [-0.3, -0.25) is 4.79 Å². The fourth-order valence-electron chi connectivity index (χ4n) is 3.15. The number of amides is 1. The Balaban J connectivity index is 1.80. The third-order valence-corrected chi connectivity index (χ3v) is 4.71. The van der Waals surface area contributed by atoms with Gasteiger partial charge in [-0.05, 0) is 11.1 Å². The van der Waals surface area contributed by atoms with Crippen molar-refractivity contribution in [2.24, 2.45) is 5.10 Å². The van der Waals surface area contributed by atoms with Crippen LogP contribution in [0.2, 0.25) is 0 Å². The number of benzene rings is 2. The molecular formula is C22H24N2O4. The van der Waals surface area contributed by atoms with Gasteiger partial charge in [0.15, 0.2) is 0 Å². The van der Waals surface area contributed by atoms with Crippen LogP contribution in [0.1, 0.15) is 23.1 Å². The molecule has 6 heteroatoms. The van der Waals surface area contributed by atoms with Crippen molar-refractivity contribution < 1.29 is 19.0 Å². The summed E-state index contributed by atoms with van der Waals surface area (Å²) in [6.07, 6.45) is 2.64. The molecular weight excluding hydrogens is 356 g/mol. The topological polar surface area (TPSA) is 60.4 Å². The number of hydrogen-bond donors (Lipinski definition) is 0. The highest BCUT2D eigenvalue weighted by Gasteiger charge is 2.24. The van der Waals surface area contributed by atoms with E-state index in [0.29, 0.717) is 29.4 Å². The Labute approximate surface area is 165 Å². The highest BCUT2D eigenvalue weighted by molar-refractivity contribution is 6.02. The van der Waals surface area contributed by atoms with E-state index in [1.165, 1.54) is 5.01 Å². The second-order valence-electron chi connectivity index (χ2n) is 6.33. The van der Waals surface area contributed by atoms with E-state index >= 15 is 0 Å². The van der Waals surface area contributed by atoms with Gasteiger partial charge >= 0.3 is 0 Å². The number of carbonyl (C=O) groups excluding carboxylic acids is 1. The lowest BCUT2D eigenvalue weighted by Gasteiger charge is -2.17. The van der Waals surface area contributed by atoms with Gasteiger partial charge < -0.3 is 14.2 Å². The minimum Gasteiger partial charge on any atom is -0.496 e. The molecule has 0 N–H and O–H groups in total. The number of methoxy groups -OCH3 is 3. The Hall–Kier alpha value is -3.28. The molecule has 1 aliphatic rings. The molecule has 0 aliphatic carbocycles. The smallest absolute Gasteiger partial charge is 0.247 e. The minimum atomic E-state index is -0.112. The summed E-state index contributed by atoms with van der Waals surface area (Å²) < 4.78 is 16.1. The van der Waals surface area contributed by atoms with Gasteiger partial charge in [0.2, 0.25) is 5.91 Å². The van der Waals surface area contributed by atoms with Gasteiger partial charge in [0, 0.05) is 24.1 Å². The Kier molecular flexibility index (Phi) is 5.99. The SMILES string of the molecule is C=Cc1ccc(C2=NN(C(=O)Cc3c(OC)cc(OC)cc3OC)CC2)cc1. The predicted octanol–water partition coefficient (Wildman–Crippen LogP) is 3.53. The van der Waals surface area contributed by atoms with Crippen LogP contribution in [0.3, 0.4) is 0 Å². The van der Waals surface area contributed by atoms with Crippen LogP contribution >= 0.6 is 0 Å². The molecule has 6 nitrogen and oxygen atoms in total. The van der Waals surface area contributed by atoms with Gasteiger partial charge in [0.25, 0.3) is 0 Å². The molecule has 28 heavy (non-hydrogen) atoms. The zero-order valence-electron chi connectivity index (χ0n) is 16.4. The van der Waals surface area contributed by atoms with Crippen molar-refractivity contribution >= 4 is 17.7 Å². The quantitative estimate of drug-likeness (QED) is 0.737. The summed E-state index contributed by atoms with van der Waals surface area (Å²) in [6.45, 7) is 4.31. The van der Waals surface area contributed by atoms with Crippen LogP contribution in [0.5, 0.6) is 17.2 Å². The fourth-order valence-corrected chi connectivity index (χ4v) is 3.15. The van der Waals surface area contributed by atoms with Gasteiger partial charge in [-0.25, -0.2) is 5.01 Å². The molecule has 0 spiro atoms. The van der Waals surface area contributed by atoms with E-state index in [-0.39, 0.29) is 12.3 Å². The first-order chi connectivity index (χ1) is 13.6. The van der Waals surface area contributed by atoms with Gasteiger partial charge in [0.1, 0.15) is 17.2 Å². The van der Waals surface area contributed by atoms with Crippen LogP contribution < -0.4 is 14.2 Å². The van der Waals surface area contributed by atoms with Gasteiger partial charge in [-0.1, -0.05) is 36.9 Å². The highest BCUT2D eigenvalue weighted by atomic mass is 16.5. The first-order valence-electron chi connectivity index (χ1n) is 8.99.